The van der Waals surface area contributed by atoms with Gasteiger partial charge in [-0.2, -0.15) is 5.10 Å². The molecule has 2 heterocycles. The van der Waals surface area contributed by atoms with E-state index in [2.05, 4.69) is 34.7 Å². The van der Waals surface area contributed by atoms with E-state index in [1.165, 1.54) is 10.4 Å². The van der Waals surface area contributed by atoms with Crippen LogP contribution in [0.15, 0.2) is 42.6 Å². The minimum atomic E-state index is 0.758. The molecule has 0 aliphatic carbocycles. The monoisotopic (exact) mass is 284 g/mol. The first-order valence-electron chi connectivity index (χ1n) is 6.47. The lowest BCUT2D eigenvalue weighted by molar-refractivity contribution is 0.769. The fourth-order valence-corrected chi connectivity index (χ4v) is 3.14. The Morgan fingerprint density at radius 3 is 2.65 bits per heavy atom. The molecule has 0 aliphatic heterocycles. The molecule has 0 unspecified atom stereocenters. The van der Waals surface area contributed by atoms with Gasteiger partial charge in [0.1, 0.15) is 10.7 Å². The molecule has 0 spiro atoms. The summed E-state index contributed by atoms with van der Waals surface area (Å²) >= 11 is 1.69. The van der Waals surface area contributed by atoms with Crippen molar-refractivity contribution in [2.75, 3.05) is 7.05 Å². The SMILES string of the molecule is CNCc1nc(-c2ccn(C)n2)sc1-c1ccccc1. The van der Waals surface area contributed by atoms with E-state index in [0.717, 1.165) is 22.9 Å². The van der Waals surface area contributed by atoms with Crippen molar-refractivity contribution in [1.82, 2.24) is 20.1 Å². The van der Waals surface area contributed by atoms with E-state index in [1.807, 2.05) is 32.4 Å². The Balaban J connectivity index is 2.07. The van der Waals surface area contributed by atoms with Crippen molar-refractivity contribution in [3.63, 3.8) is 0 Å². The lowest BCUT2D eigenvalue weighted by Crippen LogP contribution is -2.06. The highest BCUT2D eigenvalue weighted by Gasteiger charge is 2.14. The van der Waals surface area contributed by atoms with E-state index < -0.39 is 0 Å². The Morgan fingerprint density at radius 2 is 2.00 bits per heavy atom. The van der Waals surface area contributed by atoms with Gasteiger partial charge >= 0.3 is 0 Å². The first-order chi connectivity index (χ1) is 9.78. The molecule has 5 heteroatoms. The molecule has 0 aliphatic rings. The topological polar surface area (TPSA) is 42.7 Å². The van der Waals surface area contributed by atoms with Crippen molar-refractivity contribution >= 4 is 11.3 Å². The fourth-order valence-electron chi connectivity index (χ4n) is 2.09. The van der Waals surface area contributed by atoms with Crippen LogP contribution in [-0.4, -0.2) is 21.8 Å². The van der Waals surface area contributed by atoms with Crippen molar-refractivity contribution in [1.29, 1.82) is 0 Å². The number of hydrogen-bond donors (Lipinski definition) is 1. The normalized spacial score (nSPS) is 10.9. The predicted molar refractivity (Wildman–Crippen MR) is 82.5 cm³/mol. The van der Waals surface area contributed by atoms with Gasteiger partial charge in [-0.05, 0) is 18.7 Å². The quantitative estimate of drug-likeness (QED) is 0.801. The Bertz CT molecular complexity index is 700. The van der Waals surface area contributed by atoms with E-state index in [4.69, 9.17) is 4.98 Å². The van der Waals surface area contributed by atoms with Crippen molar-refractivity contribution in [2.24, 2.45) is 7.05 Å². The van der Waals surface area contributed by atoms with Crippen LogP contribution in [0.1, 0.15) is 5.69 Å². The van der Waals surface area contributed by atoms with Gasteiger partial charge < -0.3 is 5.32 Å². The number of aromatic nitrogens is 3. The first kappa shape index (κ1) is 13.0. The summed E-state index contributed by atoms with van der Waals surface area (Å²) in [6, 6.07) is 12.4. The van der Waals surface area contributed by atoms with Crippen LogP contribution in [-0.2, 0) is 13.6 Å². The molecule has 0 atom stereocenters. The number of benzene rings is 1. The van der Waals surface area contributed by atoms with E-state index in [1.54, 1.807) is 16.0 Å². The summed E-state index contributed by atoms with van der Waals surface area (Å²) in [5.41, 5.74) is 3.21. The van der Waals surface area contributed by atoms with E-state index in [-0.39, 0.29) is 0 Å². The van der Waals surface area contributed by atoms with Gasteiger partial charge in [-0.25, -0.2) is 4.98 Å². The molecule has 0 saturated carbocycles. The molecule has 1 N–H and O–H groups in total. The van der Waals surface area contributed by atoms with Gasteiger partial charge in [0.2, 0.25) is 0 Å². The molecule has 1 aromatic carbocycles. The Hall–Kier alpha value is -1.98. The number of aryl methyl sites for hydroxylation is 1. The third-order valence-electron chi connectivity index (χ3n) is 3.01. The van der Waals surface area contributed by atoms with Crippen molar-refractivity contribution < 1.29 is 0 Å². The average molecular weight is 284 g/mol. The summed E-state index contributed by atoms with van der Waals surface area (Å²) < 4.78 is 1.80. The van der Waals surface area contributed by atoms with Gasteiger partial charge in [0.15, 0.2) is 0 Å². The summed E-state index contributed by atoms with van der Waals surface area (Å²) in [6.07, 6.45) is 1.94. The van der Waals surface area contributed by atoms with Crippen molar-refractivity contribution in [3.8, 4) is 21.1 Å². The molecule has 20 heavy (non-hydrogen) atoms. The predicted octanol–water partition coefficient (Wildman–Crippen LogP) is 2.93. The molecule has 3 aromatic rings. The molecule has 0 saturated heterocycles. The molecule has 0 amide bonds. The maximum atomic E-state index is 4.74. The zero-order chi connectivity index (χ0) is 13.9. The number of thiazole rings is 1. The Labute approximate surface area is 122 Å². The van der Waals surface area contributed by atoms with Crippen LogP contribution < -0.4 is 5.32 Å². The molecule has 3 rings (SSSR count). The second-order valence-corrected chi connectivity index (χ2v) is 5.56. The molecular formula is C15H16N4S. The fraction of sp³-hybridized carbons (Fsp3) is 0.200. The van der Waals surface area contributed by atoms with Gasteiger partial charge in [-0.1, -0.05) is 30.3 Å². The average Bonchev–Trinajstić information content (AvgIpc) is 3.07. The molecule has 102 valence electrons. The number of nitrogens with one attached hydrogen (secondary N) is 1. The van der Waals surface area contributed by atoms with Crippen molar-refractivity contribution in [2.45, 2.75) is 6.54 Å². The molecule has 0 bridgehead atoms. The van der Waals surface area contributed by atoms with Crippen LogP contribution in [0.25, 0.3) is 21.1 Å². The lowest BCUT2D eigenvalue weighted by atomic mass is 10.1. The molecule has 4 nitrogen and oxygen atoms in total. The standard InChI is InChI=1S/C15H16N4S/c1-16-10-13-14(11-6-4-3-5-7-11)20-15(17-13)12-8-9-19(2)18-12/h3-9,16H,10H2,1-2H3. The van der Waals surface area contributed by atoms with Gasteiger partial charge in [-0.15, -0.1) is 11.3 Å². The lowest BCUT2D eigenvalue weighted by Gasteiger charge is -2.00. The zero-order valence-electron chi connectivity index (χ0n) is 11.5. The summed E-state index contributed by atoms with van der Waals surface area (Å²) in [5.74, 6) is 0. The maximum absolute atomic E-state index is 4.74. The van der Waals surface area contributed by atoms with Gasteiger partial charge in [0.25, 0.3) is 0 Å². The van der Waals surface area contributed by atoms with Crippen LogP contribution >= 0.6 is 11.3 Å². The Kier molecular flexibility index (Phi) is 3.62. The van der Waals surface area contributed by atoms with Gasteiger partial charge in [-0.3, -0.25) is 4.68 Å². The minimum Gasteiger partial charge on any atom is -0.314 e. The summed E-state index contributed by atoms with van der Waals surface area (Å²) in [6.45, 7) is 0.758. The van der Waals surface area contributed by atoms with E-state index >= 15 is 0 Å². The molecule has 2 aromatic heterocycles. The van der Waals surface area contributed by atoms with Gasteiger partial charge in [0.05, 0.1) is 10.6 Å². The highest BCUT2D eigenvalue weighted by molar-refractivity contribution is 7.18. The molecular weight excluding hydrogens is 268 g/mol. The smallest absolute Gasteiger partial charge is 0.144 e. The first-order valence-corrected chi connectivity index (χ1v) is 7.29. The largest absolute Gasteiger partial charge is 0.314 e. The third kappa shape index (κ3) is 2.50. The van der Waals surface area contributed by atoms with Crippen LogP contribution in [0.3, 0.4) is 0 Å². The van der Waals surface area contributed by atoms with E-state index in [9.17, 15) is 0 Å². The second kappa shape index (κ2) is 5.56. The molecule has 0 radical (unpaired) electrons. The minimum absolute atomic E-state index is 0.758. The maximum Gasteiger partial charge on any atom is 0.144 e. The van der Waals surface area contributed by atoms with Gasteiger partial charge in [0, 0.05) is 19.8 Å². The number of hydrogen-bond acceptors (Lipinski definition) is 4. The van der Waals surface area contributed by atoms with Crippen LogP contribution in [0.4, 0.5) is 0 Å². The summed E-state index contributed by atoms with van der Waals surface area (Å²) in [7, 11) is 3.86. The molecule has 0 fully saturated rings. The zero-order valence-corrected chi connectivity index (χ0v) is 12.3. The summed E-state index contributed by atoms with van der Waals surface area (Å²) in [5, 5.41) is 8.58. The summed E-state index contributed by atoms with van der Waals surface area (Å²) in [4.78, 5) is 5.95. The van der Waals surface area contributed by atoms with Crippen LogP contribution in [0, 0.1) is 0 Å². The highest BCUT2D eigenvalue weighted by atomic mass is 32.1. The Morgan fingerprint density at radius 1 is 1.20 bits per heavy atom. The highest BCUT2D eigenvalue weighted by Crippen LogP contribution is 2.34. The number of nitrogens with zero attached hydrogens (tertiary/aromatic N) is 3. The van der Waals surface area contributed by atoms with Crippen LogP contribution in [0.2, 0.25) is 0 Å². The van der Waals surface area contributed by atoms with E-state index in [0.29, 0.717) is 0 Å². The van der Waals surface area contributed by atoms with Crippen molar-refractivity contribution in [3.05, 3.63) is 48.3 Å². The van der Waals surface area contributed by atoms with Crippen LogP contribution in [0.5, 0.6) is 0 Å². The third-order valence-corrected chi connectivity index (χ3v) is 4.18. The number of rotatable bonds is 4. The second-order valence-electron chi connectivity index (χ2n) is 4.57.